The zero-order chi connectivity index (χ0) is 25.6. The van der Waals surface area contributed by atoms with E-state index < -0.39 is 12.0 Å². The van der Waals surface area contributed by atoms with Crippen LogP contribution in [0.5, 0.6) is 11.5 Å². The number of hydrogen-bond donors (Lipinski definition) is 1. The van der Waals surface area contributed by atoms with E-state index in [1.165, 1.54) is 6.33 Å². The molecule has 0 spiro atoms. The van der Waals surface area contributed by atoms with Crippen LogP contribution in [0.25, 0.3) is 0 Å². The van der Waals surface area contributed by atoms with Crippen molar-refractivity contribution in [3.05, 3.63) is 113 Å². The summed E-state index contributed by atoms with van der Waals surface area (Å²) in [5.41, 5.74) is 3.88. The van der Waals surface area contributed by atoms with Gasteiger partial charge in [-0.2, -0.15) is 10.1 Å². The number of benzene rings is 3. The Balaban J connectivity index is 1.45. The topological polar surface area (TPSA) is 87.5 Å². The second-order valence-electron chi connectivity index (χ2n) is 8.57. The van der Waals surface area contributed by atoms with Crippen LogP contribution in [-0.2, 0) is 22.7 Å². The molecule has 188 valence electrons. The van der Waals surface area contributed by atoms with Crippen LogP contribution in [0.15, 0.2) is 96.5 Å². The van der Waals surface area contributed by atoms with Gasteiger partial charge < -0.3 is 19.5 Å². The van der Waals surface area contributed by atoms with E-state index in [-0.39, 0.29) is 6.61 Å². The number of nitrogens with one attached hydrogen (secondary N) is 1. The van der Waals surface area contributed by atoms with Crippen molar-refractivity contribution in [2.75, 3.05) is 11.9 Å². The first kappa shape index (κ1) is 24.1. The van der Waals surface area contributed by atoms with Gasteiger partial charge in [0.1, 0.15) is 25.6 Å². The Morgan fingerprint density at radius 2 is 1.62 bits per heavy atom. The van der Waals surface area contributed by atoms with Crippen molar-refractivity contribution >= 4 is 11.9 Å². The van der Waals surface area contributed by atoms with Gasteiger partial charge in [-0.25, -0.2) is 9.48 Å². The van der Waals surface area contributed by atoms with Crippen molar-refractivity contribution < 1.29 is 19.0 Å². The molecule has 0 fully saturated rings. The molecule has 0 bridgehead atoms. The normalized spacial score (nSPS) is 14.5. The number of nitrogens with zero attached hydrogens (tertiary/aromatic N) is 3. The fraction of sp³-hybridized carbons (Fsp3) is 0.207. The summed E-state index contributed by atoms with van der Waals surface area (Å²) in [6.45, 7) is 4.81. The molecule has 1 aromatic heterocycles. The highest BCUT2D eigenvalue weighted by Gasteiger charge is 2.35. The zero-order valence-electron chi connectivity index (χ0n) is 20.8. The standard InChI is InChI=1S/C29H28N4O4/c1-3-35-25-16-23(14-15-24(25)36-17-21-10-6-4-7-11-21)27-26(20(2)32-29-30-19-31-33(27)29)28(34)37-18-22-12-8-5-9-13-22/h4-16,19,27H,3,17-18H2,1-2H3,(H,30,31,32). The second kappa shape index (κ2) is 11.0. The average molecular weight is 497 g/mol. The van der Waals surface area contributed by atoms with Gasteiger partial charge in [0, 0.05) is 5.70 Å². The smallest absolute Gasteiger partial charge is 0.338 e. The number of hydrogen-bond acceptors (Lipinski definition) is 7. The van der Waals surface area contributed by atoms with E-state index in [9.17, 15) is 4.79 Å². The molecule has 3 aromatic carbocycles. The monoisotopic (exact) mass is 496 g/mol. The van der Waals surface area contributed by atoms with Crippen LogP contribution >= 0.6 is 0 Å². The van der Waals surface area contributed by atoms with E-state index in [2.05, 4.69) is 15.4 Å². The maximum Gasteiger partial charge on any atom is 0.338 e. The minimum Gasteiger partial charge on any atom is -0.490 e. The fourth-order valence-electron chi connectivity index (χ4n) is 4.28. The van der Waals surface area contributed by atoms with Crippen molar-refractivity contribution in [1.82, 2.24) is 14.8 Å². The van der Waals surface area contributed by atoms with Gasteiger partial charge in [-0.1, -0.05) is 66.7 Å². The molecule has 0 aliphatic carbocycles. The molecule has 0 saturated heterocycles. The summed E-state index contributed by atoms with van der Waals surface area (Å²) >= 11 is 0. The van der Waals surface area contributed by atoms with Crippen LogP contribution in [0.3, 0.4) is 0 Å². The third-order valence-corrected chi connectivity index (χ3v) is 6.05. The lowest BCUT2D eigenvalue weighted by molar-refractivity contribution is -0.140. The van der Waals surface area contributed by atoms with Crippen LogP contribution in [0, 0.1) is 0 Å². The fourth-order valence-corrected chi connectivity index (χ4v) is 4.28. The molecular weight excluding hydrogens is 468 g/mol. The van der Waals surface area contributed by atoms with Crippen LogP contribution in [0.4, 0.5) is 5.95 Å². The summed E-state index contributed by atoms with van der Waals surface area (Å²) in [6.07, 6.45) is 1.46. The first-order valence-corrected chi connectivity index (χ1v) is 12.2. The van der Waals surface area contributed by atoms with Crippen LogP contribution in [0.1, 0.15) is 36.6 Å². The number of ether oxygens (including phenoxy) is 3. The van der Waals surface area contributed by atoms with Gasteiger partial charge in [0.2, 0.25) is 5.95 Å². The lowest BCUT2D eigenvalue weighted by Gasteiger charge is -2.28. The number of fused-ring (bicyclic) bond motifs is 1. The molecule has 1 atom stereocenters. The molecule has 1 N–H and O–H groups in total. The molecule has 2 heterocycles. The van der Waals surface area contributed by atoms with E-state index in [4.69, 9.17) is 14.2 Å². The van der Waals surface area contributed by atoms with Crippen LogP contribution in [0.2, 0.25) is 0 Å². The lowest BCUT2D eigenvalue weighted by atomic mass is 9.95. The summed E-state index contributed by atoms with van der Waals surface area (Å²) < 4.78 is 19.4. The predicted molar refractivity (Wildman–Crippen MR) is 139 cm³/mol. The maximum atomic E-state index is 13.4. The highest BCUT2D eigenvalue weighted by atomic mass is 16.5. The quantitative estimate of drug-likeness (QED) is 0.315. The van der Waals surface area contributed by atoms with E-state index in [1.807, 2.05) is 92.7 Å². The number of allylic oxidation sites excluding steroid dienone is 1. The van der Waals surface area contributed by atoms with Gasteiger partial charge in [-0.15, -0.1) is 0 Å². The Hall–Kier alpha value is -4.59. The highest BCUT2D eigenvalue weighted by Crippen LogP contribution is 2.39. The van der Waals surface area contributed by atoms with Gasteiger partial charge in [-0.3, -0.25) is 0 Å². The van der Waals surface area contributed by atoms with E-state index in [0.717, 1.165) is 16.7 Å². The molecule has 1 aliphatic heterocycles. The molecule has 37 heavy (non-hydrogen) atoms. The number of anilines is 1. The molecule has 0 saturated carbocycles. The van der Waals surface area contributed by atoms with E-state index in [0.29, 0.717) is 41.9 Å². The van der Waals surface area contributed by atoms with Crippen LogP contribution < -0.4 is 14.8 Å². The van der Waals surface area contributed by atoms with Crippen molar-refractivity contribution in [2.24, 2.45) is 0 Å². The van der Waals surface area contributed by atoms with Crippen molar-refractivity contribution in [3.8, 4) is 11.5 Å². The van der Waals surface area contributed by atoms with Gasteiger partial charge in [0.15, 0.2) is 11.5 Å². The van der Waals surface area contributed by atoms with Gasteiger partial charge in [0.25, 0.3) is 0 Å². The summed E-state index contributed by atoms with van der Waals surface area (Å²) in [5.74, 6) is 1.33. The first-order chi connectivity index (χ1) is 18.1. The molecule has 4 aromatic rings. The predicted octanol–water partition coefficient (Wildman–Crippen LogP) is 5.29. The van der Waals surface area contributed by atoms with Gasteiger partial charge >= 0.3 is 5.97 Å². The minimum atomic E-state index is -0.551. The molecule has 1 unspecified atom stereocenters. The molecule has 0 amide bonds. The van der Waals surface area contributed by atoms with Crippen LogP contribution in [-0.4, -0.2) is 27.3 Å². The first-order valence-electron chi connectivity index (χ1n) is 12.2. The average Bonchev–Trinajstić information content (AvgIpc) is 3.39. The van der Waals surface area contributed by atoms with Crippen molar-refractivity contribution in [2.45, 2.75) is 33.1 Å². The van der Waals surface area contributed by atoms with Gasteiger partial charge in [-0.05, 0) is 42.7 Å². The van der Waals surface area contributed by atoms with E-state index in [1.54, 1.807) is 4.68 Å². The minimum absolute atomic E-state index is 0.170. The maximum absolute atomic E-state index is 13.4. The molecular formula is C29H28N4O4. The third-order valence-electron chi connectivity index (χ3n) is 6.05. The Labute approximate surface area is 215 Å². The largest absolute Gasteiger partial charge is 0.490 e. The second-order valence-corrected chi connectivity index (χ2v) is 8.57. The third kappa shape index (κ3) is 5.33. The Morgan fingerprint density at radius 1 is 0.919 bits per heavy atom. The van der Waals surface area contributed by atoms with Gasteiger partial charge in [0.05, 0.1) is 12.2 Å². The van der Waals surface area contributed by atoms with E-state index >= 15 is 0 Å². The zero-order valence-corrected chi connectivity index (χ0v) is 20.8. The molecule has 1 aliphatic rings. The summed E-state index contributed by atoms with van der Waals surface area (Å²) in [7, 11) is 0. The summed E-state index contributed by atoms with van der Waals surface area (Å²) in [5, 5.41) is 7.57. The molecule has 8 nitrogen and oxygen atoms in total. The molecule has 0 radical (unpaired) electrons. The van der Waals surface area contributed by atoms with Crippen molar-refractivity contribution in [1.29, 1.82) is 0 Å². The number of carbonyl (C=O) groups is 1. The molecule has 8 heteroatoms. The SMILES string of the molecule is CCOc1cc(C2C(C(=O)OCc3ccccc3)=C(C)Nc3ncnn32)ccc1OCc1ccccc1. The molecule has 5 rings (SSSR count). The number of aromatic nitrogens is 3. The lowest BCUT2D eigenvalue weighted by Crippen LogP contribution is -2.29. The Kier molecular flexibility index (Phi) is 7.16. The number of carbonyl (C=O) groups excluding carboxylic acids is 1. The Morgan fingerprint density at radius 3 is 2.32 bits per heavy atom. The van der Waals surface area contributed by atoms with Crippen molar-refractivity contribution in [3.63, 3.8) is 0 Å². The number of rotatable bonds is 9. The number of esters is 1. The summed E-state index contributed by atoms with van der Waals surface area (Å²) in [4.78, 5) is 17.7. The summed E-state index contributed by atoms with van der Waals surface area (Å²) in [6, 6.07) is 24.7. The Bertz CT molecular complexity index is 1400. The highest BCUT2D eigenvalue weighted by molar-refractivity contribution is 5.92.